The molecule has 1 N–H and O–H groups in total. The first-order valence-electron chi connectivity index (χ1n) is 6.14. The van der Waals surface area contributed by atoms with Crippen LogP contribution in [-0.4, -0.2) is 24.6 Å². The number of carbonyl (C=O) groups excluding carboxylic acids is 1. The smallest absolute Gasteiger partial charge is 0.167 e. The summed E-state index contributed by atoms with van der Waals surface area (Å²) in [5.41, 5.74) is 0.193. The number of unbranched alkanes of at least 4 members (excludes halogenated alkanes) is 2. The number of methoxy groups -OCH3 is 1. The van der Waals surface area contributed by atoms with E-state index in [0.29, 0.717) is 18.1 Å². The third kappa shape index (κ3) is 3.65. The first kappa shape index (κ1) is 14.4. The number of ketones is 1. The highest BCUT2D eigenvalue weighted by Gasteiger charge is 2.15. The molecular weight excluding hydrogens is 232 g/mol. The number of ether oxygens (including phenoxy) is 2. The van der Waals surface area contributed by atoms with Gasteiger partial charge in [0.1, 0.15) is 22.8 Å². The van der Waals surface area contributed by atoms with Crippen molar-refractivity contribution in [2.24, 2.45) is 0 Å². The molecule has 0 heterocycles. The maximum absolute atomic E-state index is 11.4. The highest BCUT2D eigenvalue weighted by atomic mass is 16.5. The van der Waals surface area contributed by atoms with Crippen molar-refractivity contribution in [2.75, 3.05) is 13.7 Å². The largest absolute Gasteiger partial charge is 0.507 e. The van der Waals surface area contributed by atoms with Crippen LogP contribution in [-0.2, 0) is 0 Å². The number of hydrogen-bond donors (Lipinski definition) is 1. The number of rotatable bonds is 7. The number of Topliss-reactive ketones (excluding diaryl/α,β-unsaturated/α-hetero) is 1. The molecule has 0 saturated heterocycles. The third-order valence-corrected chi connectivity index (χ3v) is 2.64. The molecule has 1 aromatic rings. The molecule has 1 aromatic carbocycles. The van der Waals surface area contributed by atoms with Crippen LogP contribution in [0.3, 0.4) is 0 Å². The Hall–Kier alpha value is -1.71. The second kappa shape index (κ2) is 6.89. The molecule has 0 aliphatic heterocycles. The first-order valence-corrected chi connectivity index (χ1v) is 6.14. The molecule has 0 saturated carbocycles. The van der Waals surface area contributed by atoms with E-state index < -0.39 is 0 Å². The minimum atomic E-state index is -0.234. The van der Waals surface area contributed by atoms with Gasteiger partial charge in [0.2, 0.25) is 0 Å². The molecule has 0 aromatic heterocycles. The first-order chi connectivity index (χ1) is 8.60. The van der Waals surface area contributed by atoms with Crippen LogP contribution in [0.15, 0.2) is 12.1 Å². The van der Waals surface area contributed by atoms with Crippen LogP contribution in [0.1, 0.15) is 43.5 Å². The van der Waals surface area contributed by atoms with Crippen molar-refractivity contribution in [2.45, 2.75) is 33.1 Å². The summed E-state index contributed by atoms with van der Waals surface area (Å²) in [5, 5.41) is 9.80. The fraction of sp³-hybridized carbons (Fsp3) is 0.500. The summed E-state index contributed by atoms with van der Waals surface area (Å²) < 4.78 is 10.6. The van der Waals surface area contributed by atoms with E-state index in [9.17, 15) is 9.90 Å². The zero-order valence-corrected chi connectivity index (χ0v) is 11.2. The molecule has 0 amide bonds. The van der Waals surface area contributed by atoms with Gasteiger partial charge in [-0.3, -0.25) is 4.79 Å². The Bertz CT molecular complexity index is 413. The summed E-state index contributed by atoms with van der Waals surface area (Å²) in [4.78, 5) is 11.4. The highest BCUT2D eigenvalue weighted by molar-refractivity contribution is 5.99. The van der Waals surface area contributed by atoms with Crippen molar-refractivity contribution in [3.05, 3.63) is 17.7 Å². The van der Waals surface area contributed by atoms with Crippen LogP contribution in [0.25, 0.3) is 0 Å². The quantitative estimate of drug-likeness (QED) is 0.598. The van der Waals surface area contributed by atoms with Gasteiger partial charge in [-0.25, -0.2) is 0 Å². The van der Waals surface area contributed by atoms with Crippen molar-refractivity contribution >= 4 is 5.78 Å². The van der Waals surface area contributed by atoms with Crippen LogP contribution in [0.2, 0.25) is 0 Å². The molecular formula is C14H20O4. The number of phenols is 1. The lowest BCUT2D eigenvalue weighted by molar-refractivity contribution is 0.101. The average Bonchev–Trinajstić information content (AvgIpc) is 2.33. The van der Waals surface area contributed by atoms with E-state index in [2.05, 4.69) is 6.92 Å². The Morgan fingerprint density at radius 2 is 2.06 bits per heavy atom. The van der Waals surface area contributed by atoms with E-state index in [-0.39, 0.29) is 17.1 Å². The summed E-state index contributed by atoms with van der Waals surface area (Å²) >= 11 is 0. The number of benzene rings is 1. The van der Waals surface area contributed by atoms with Gasteiger partial charge in [-0.15, -0.1) is 0 Å². The molecule has 0 unspecified atom stereocenters. The monoisotopic (exact) mass is 252 g/mol. The van der Waals surface area contributed by atoms with Crippen molar-refractivity contribution in [3.8, 4) is 17.2 Å². The number of hydrogen-bond acceptors (Lipinski definition) is 4. The van der Waals surface area contributed by atoms with Gasteiger partial charge in [0, 0.05) is 12.1 Å². The van der Waals surface area contributed by atoms with Gasteiger partial charge in [-0.05, 0) is 13.3 Å². The topological polar surface area (TPSA) is 55.8 Å². The van der Waals surface area contributed by atoms with Crippen molar-refractivity contribution in [1.29, 1.82) is 0 Å². The second-order valence-corrected chi connectivity index (χ2v) is 4.13. The molecule has 0 aliphatic rings. The Kier molecular flexibility index (Phi) is 5.49. The molecule has 0 atom stereocenters. The van der Waals surface area contributed by atoms with Crippen LogP contribution in [0.4, 0.5) is 0 Å². The number of aromatic hydroxyl groups is 1. The molecule has 0 radical (unpaired) electrons. The third-order valence-electron chi connectivity index (χ3n) is 2.64. The van der Waals surface area contributed by atoms with E-state index in [0.717, 1.165) is 19.3 Å². The zero-order valence-electron chi connectivity index (χ0n) is 11.2. The molecule has 0 bridgehead atoms. The molecule has 100 valence electrons. The van der Waals surface area contributed by atoms with Crippen molar-refractivity contribution < 1.29 is 19.4 Å². The molecule has 0 aliphatic carbocycles. The minimum absolute atomic E-state index is 0.104. The van der Waals surface area contributed by atoms with E-state index in [4.69, 9.17) is 9.47 Å². The summed E-state index contributed by atoms with van der Waals surface area (Å²) in [5.74, 6) is 0.521. The SMILES string of the molecule is CCCCCOc1cc(O)c(C(C)=O)c(OC)c1. The maximum atomic E-state index is 11.4. The molecule has 0 spiro atoms. The minimum Gasteiger partial charge on any atom is -0.507 e. The van der Waals surface area contributed by atoms with E-state index >= 15 is 0 Å². The zero-order chi connectivity index (χ0) is 13.5. The van der Waals surface area contributed by atoms with Crippen LogP contribution in [0.5, 0.6) is 17.2 Å². The van der Waals surface area contributed by atoms with E-state index in [1.54, 1.807) is 6.07 Å². The molecule has 4 nitrogen and oxygen atoms in total. The van der Waals surface area contributed by atoms with Gasteiger partial charge in [0.15, 0.2) is 5.78 Å². The van der Waals surface area contributed by atoms with Gasteiger partial charge in [-0.2, -0.15) is 0 Å². The van der Waals surface area contributed by atoms with E-state index in [1.807, 2.05) is 0 Å². The summed E-state index contributed by atoms with van der Waals surface area (Å²) in [6, 6.07) is 3.08. The van der Waals surface area contributed by atoms with Crippen LogP contribution in [0, 0.1) is 0 Å². The fourth-order valence-corrected chi connectivity index (χ4v) is 1.72. The molecule has 0 fully saturated rings. The van der Waals surface area contributed by atoms with Gasteiger partial charge >= 0.3 is 0 Å². The Labute approximate surface area is 108 Å². The average molecular weight is 252 g/mol. The van der Waals surface area contributed by atoms with Gasteiger partial charge < -0.3 is 14.6 Å². The number of phenolic OH excluding ortho intramolecular Hbond substituents is 1. The fourth-order valence-electron chi connectivity index (χ4n) is 1.72. The van der Waals surface area contributed by atoms with Crippen LogP contribution >= 0.6 is 0 Å². The lowest BCUT2D eigenvalue weighted by Crippen LogP contribution is -2.01. The molecule has 4 heteroatoms. The number of carbonyl (C=O) groups is 1. The summed E-state index contributed by atoms with van der Waals surface area (Å²) in [6.45, 7) is 4.10. The predicted molar refractivity (Wildman–Crippen MR) is 69.7 cm³/mol. The maximum Gasteiger partial charge on any atom is 0.167 e. The van der Waals surface area contributed by atoms with E-state index in [1.165, 1.54) is 20.1 Å². The van der Waals surface area contributed by atoms with Crippen molar-refractivity contribution in [1.82, 2.24) is 0 Å². The lowest BCUT2D eigenvalue weighted by atomic mass is 10.1. The predicted octanol–water partition coefficient (Wildman–Crippen LogP) is 3.17. The summed E-state index contributed by atoms with van der Waals surface area (Å²) in [7, 11) is 1.46. The Balaban J connectivity index is 2.83. The lowest BCUT2D eigenvalue weighted by Gasteiger charge is -2.12. The Morgan fingerprint density at radius 1 is 1.33 bits per heavy atom. The standard InChI is InChI=1S/C14H20O4/c1-4-5-6-7-18-11-8-12(16)14(10(2)15)13(9-11)17-3/h8-9,16H,4-7H2,1-3H3. The second-order valence-electron chi connectivity index (χ2n) is 4.13. The molecule has 18 heavy (non-hydrogen) atoms. The molecule has 1 rings (SSSR count). The van der Waals surface area contributed by atoms with Crippen LogP contribution < -0.4 is 9.47 Å². The van der Waals surface area contributed by atoms with Gasteiger partial charge in [0.05, 0.1) is 13.7 Å². The highest BCUT2D eigenvalue weighted by Crippen LogP contribution is 2.33. The normalized spacial score (nSPS) is 10.2. The Morgan fingerprint density at radius 3 is 2.61 bits per heavy atom. The van der Waals surface area contributed by atoms with Gasteiger partial charge in [-0.1, -0.05) is 19.8 Å². The van der Waals surface area contributed by atoms with Gasteiger partial charge in [0.25, 0.3) is 0 Å². The van der Waals surface area contributed by atoms with Crippen molar-refractivity contribution in [3.63, 3.8) is 0 Å². The summed E-state index contributed by atoms with van der Waals surface area (Å²) in [6.07, 6.45) is 3.20.